The first-order chi connectivity index (χ1) is 11.4. The fourth-order valence-electron chi connectivity index (χ4n) is 3.10. The van der Waals surface area contributed by atoms with E-state index < -0.39 is 21.2 Å². The second-order valence-electron chi connectivity index (χ2n) is 5.50. The zero-order chi connectivity index (χ0) is 16.0. The van der Waals surface area contributed by atoms with Crippen molar-refractivity contribution in [2.45, 2.75) is 0 Å². The zero-order valence-electron chi connectivity index (χ0n) is 13.1. The van der Waals surface area contributed by atoms with Gasteiger partial charge in [-0.15, -0.1) is 0 Å². The van der Waals surface area contributed by atoms with E-state index in [1.54, 1.807) is 0 Å². The Balaban J connectivity index is 2.35. The first-order valence-corrected chi connectivity index (χ1v) is 15.9. The summed E-state index contributed by atoms with van der Waals surface area (Å²) in [5.74, 6) is 0. The summed E-state index contributed by atoms with van der Waals surface area (Å²) >= 11 is -3.32. The molecule has 0 amide bonds. The fraction of sp³-hybridized carbons (Fsp3) is 0. The van der Waals surface area contributed by atoms with Crippen LogP contribution in [0.3, 0.4) is 0 Å². The van der Waals surface area contributed by atoms with Crippen molar-refractivity contribution in [3.05, 3.63) is 113 Å². The quantitative estimate of drug-likeness (QED) is 0.379. The van der Waals surface area contributed by atoms with Gasteiger partial charge in [0.15, 0.2) is 0 Å². The molecule has 0 saturated heterocycles. The average molecular weight is 492 g/mol. The average Bonchev–Trinajstić information content (AvgIpc) is 2.65. The minimum atomic E-state index is -3.32. The van der Waals surface area contributed by atoms with E-state index >= 15 is 0 Å². The molecule has 3 aromatic carbocycles. The van der Waals surface area contributed by atoms with Crippen molar-refractivity contribution in [2.24, 2.45) is 0 Å². The van der Waals surface area contributed by atoms with Crippen molar-refractivity contribution in [2.75, 3.05) is 0 Å². The van der Waals surface area contributed by atoms with E-state index in [0.717, 1.165) is 0 Å². The Labute approximate surface area is 143 Å². The van der Waals surface area contributed by atoms with Crippen LogP contribution in [0.5, 0.6) is 0 Å². The molecule has 0 aliphatic rings. The van der Waals surface area contributed by atoms with E-state index in [0.29, 0.717) is 0 Å². The first-order valence-electron chi connectivity index (χ1n) is 7.85. The van der Waals surface area contributed by atoms with Crippen LogP contribution in [-0.4, -0.2) is 21.2 Å². The molecular weight excluding hydrogens is 471 g/mol. The molecule has 3 rings (SSSR count). The van der Waals surface area contributed by atoms with Crippen molar-refractivity contribution in [1.29, 1.82) is 0 Å². The topological polar surface area (TPSA) is 0 Å². The molecule has 0 heterocycles. The van der Waals surface area contributed by atoms with Crippen LogP contribution < -0.4 is 9.37 Å². The van der Waals surface area contributed by atoms with E-state index in [2.05, 4.69) is 107 Å². The van der Waals surface area contributed by atoms with Gasteiger partial charge >= 0.3 is 144 Å². The Hall–Kier alpha value is -1.94. The number of allylic oxidation sites excluding steroid dienone is 2. The monoisotopic (exact) mass is 492 g/mol. The van der Waals surface area contributed by atoms with Gasteiger partial charge in [0.2, 0.25) is 0 Å². The summed E-state index contributed by atoms with van der Waals surface area (Å²) < 4.78 is 6.86. The van der Waals surface area contributed by atoms with Crippen LogP contribution in [0.25, 0.3) is 0 Å². The molecule has 0 saturated carbocycles. The summed E-state index contributed by atoms with van der Waals surface area (Å²) in [6, 6.07) is 32.9. The molecule has 0 aromatic heterocycles. The van der Waals surface area contributed by atoms with Gasteiger partial charge in [0.25, 0.3) is 0 Å². The van der Waals surface area contributed by atoms with Crippen molar-refractivity contribution in [3.8, 4) is 0 Å². The maximum absolute atomic E-state index is 3.89. The van der Waals surface area contributed by atoms with E-state index in [1.807, 2.05) is 6.08 Å². The third-order valence-electron chi connectivity index (χ3n) is 4.17. The molecular formula is C22H20Pb. The van der Waals surface area contributed by atoms with Gasteiger partial charge in [-0.2, -0.15) is 0 Å². The summed E-state index contributed by atoms with van der Waals surface area (Å²) in [4.78, 5) is 0. The van der Waals surface area contributed by atoms with Gasteiger partial charge in [-0.25, -0.2) is 0 Å². The molecule has 3 aromatic rings. The van der Waals surface area contributed by atoms with Crippen LogP contribution >= 0.6 is 0 Å². The van der Waals surface area contributed by atoms with Crippen LogP contribution in [-0.2, 0) is 0 Å². The summed E-state index contributed by atoms with van der Waals surface area (Å²) in [7, 11) is 0. The molecule has 23 heavy (non-hydrogen) atoms. The molecule has 112 valence electrons. The summed E-state index contributed by atoms with van der Waals surface area (Å²) in [5, 5.41) is 0. The standard InChI is InChI=1S/3C6H5.C4H5.Pb/c3*1-2-4-6-5-3-1;1-3-4-2;/h3*1-5H;1,3-4H,2H2;. The van der Waals surface area contributed by atoms with E-state index in [4.69, 9.17) is 0 Å². The van der Waals surface area contributed by atoms with Crippen LogP contribution in [0, 0.1) is 0 Å². The molecule has 0 atom stereocenters. The maximum atomic E-state index is 3.89. The second-order valence-corrected chi connectivity index (χ2v) is 19.8. The number of rotatable bonds is 5. The van der Waals surface area contributed by atoms with Crippen LogP contribution in [0.15, 0.2) is 113 Å². The van der Waals surface area contributed by atoms with Gasteiger partial charge in [0.1, 0.15) is 0 Å². The van der Waals surface area contributed by atoms with Crippen molar-refractivity contribution >= 4 is 30.5 Å². The van der Waals surface area contributed by atoms with Gasteiger partial charge in [-0.05, 0) is 0 Å². The molecule has 0 radical (unpaired) electrons. The zero-order valence-corrected chi connectivity index (χ0v) is 17.0. The predicted octanol–water partition coefficient (Wildman–Crippen LogP) is 3.44. The normalized spacial score (nSPS) is 11.5. The van der Waals surface area contributed by atoms with Gasteiger partial charge in [-0.3, -0.25) is 0 Å². The van der Waals surface area contributed by atoms with E-state index in [1.165, 1.54) is 9.37 Å². The summed E-state index contributed by atoms with van der Waals surface area (Å²) in [5.41, 5.74) is 0. The number of hydrogen-bond donors (Lipinski definition) is 0. The number of hydrogen-bond acceptors (Lipinski definition) is 0. The number of benzene rings is 3. The van der Waals surface area contributed by atoms with Gasteiger partial charge in [0, 0.05) is 0 Å². The molecule has 1 heteroatoms. The Morgan fingerprint density at radius 2 is 0.913 bits per heavy atom. The molecule has 0 fully saturated rings. The van der Waals surface area contributed by atoms with Crippen molar-refractivity contribution in [1.82, 2.24) is 0 Å². The van der Waals surface area contributed by atoms with Crippen LogP contribution in [0.2, 0.25) is 0 Å². The van der Waals surface area contributed by atoms with Gasteiger partial charge < -0.3 is 0 Å². The SMILES string of the molecule is C=C/C=[CH]/[Pb]([c]1ccccc1)([c]1ccccc1)[c]1ccccc1. The molecule has 0 aliphatic carbocycles. The molecule has 0 spiro atoms. The van der Waals surface area contributed by atoms with Gasteiger partial charge in [0.05, 0.1) is 0 Å². The van der Waals surface area contributed by atoms with Crippen molar-refractivity contribution in [3.63, 3.8) is 0 Å². The molecule has 0 N–H and O–H groups in total. The van der Waals surface area contributed by atoms with Crippen LogP contribution in [0.4, 0.5) is 0 Å². The molecule has 0 nitrogen and oxygen atoms in total. The summed E-state index contributed by atoms with van der Waals surface area (Å²) in [6.45, 7) is 3.89. The Kier molecular flexibility index (Phi) is 5.24. The van der Waals surface area contributed by atoms with E-state index in [9.17, 15) is 0 Å². The third-order valence-corrected chi connectivity index (χ3v) is 21.4. The Morgan fingerprint density at radius 3 is 1.22 bits per heavy atom. The predicted molar refractivity (Wildman–Crippen MR) is 103 cm³/mol. The van der Waals surface area contributed by atoms with Crippen LogP contribution in [0.1, 0.15) is 0 Å². The van der Waals surface area contributed by atoms with Crippen molar-refractivity contribution < 1.29 is 0 Å². The summed E-state index contributed by atoms with van der Waals surface area (Å²) in [6.07, 6.45) is 4.03. The molecule has 0 bridgehead atoms. The van der Waals surface area contributed by atoms with E-state index in [-0.39, 0.29) is 0 Å². The first kappa shape index (κ1) is 15.9. The molecule has 0 aliphatic heterocycles. The third kappa shape index (κ3) is 3.22. The Morgan fingerprint density at radius 1 is 0.565 bits per heavy atom. The Bertz CT molecular complexity index is 677. The van der Waals surface area contributed by atoms with Gasteiger partial charge in [-0.1, -0.05) is 0 Å². The minimum absolute atomic E-state index is 1.47. The molecule has 0 unspecified atom stereocenters. The fourth-order valence-corrected chi connectivity index (χ4v) is 19.3. The second kappa shape index (κ2) is 7.56.